The van der Waals surface area contributed by atoms with Gasteiger partial charge in [0.1, 0.15) is 0 Å². The fourth-order valence-corrected chi connectivity index (χ4v) is 8.76. The molecule has 2 aliphatic carbocycles. The SMILES string of the molecule is CC[C@@H](N=C1CC2CCC1(C)C2(C)C)c1ccccc1P(c1ccccc1)c1ccccc1. The van der Waals surface area contributed by atoms with Crippen molar-refractivity contribution in [2.45, 2.75) is 59.4 Å². The Balaban J connectivity index is 1.61. The molecule has 0 N–H and O–H groups in total. The second-order valence-corrected chi connectivity index (χ2v) is 12.7. The van der Waals surface area contributed by atoms with E-state index in [1.165, 1.54) is 46.5 Å². The van der Waals surface area contributed by atoms with Gasteiger partial charge in [-0.25, -0.2) is 0 Å². The molecule has 0 spiro atoms. The van der Waals surface area contributed by atoms with Crippen LogP contribution in [0.3, 0.4) is 0 Å². The molecule has 2 heteroatoms. The Morgan fingerprint density at radius 2 is 1.42 bits per heavy atom. The molecule has 2 aliphatic rings. The monoisotopic (exact) mass is 453 g/mol. The number of nitrogens with zero attached hydrogens (tertiary/aromatic N) is 1. The minimum atomic E-state index is -0.630. The fourth-order valence-electron chi connectivity index (χ4n) is 6.25. The highest BCUT2D eigenvalue weighted by molar-refractivity contribution is 7.79. The number of rotatable bonds is 6. The number of fused-ring (bicyclic) bond motifs is 2. The molecule has 0 aromatic heterocycles. The van der Waals surface area contributed by atoms with Crippen molar-refractivity contribution in [2.24, 2.45) is 21.7 Å². The van der Waals surface area contributed by atoms with E-state index in [0.29, 0.717) is 5.41 Å². The first-order valence-electron chi connectivity index (χ1n) is 12.5. The predicted octanol–water partition coefficient (Wildman–Crippen LogP) is 7.18. The van der Waals surface area contributed by atoms with E-state index in [0.717, 1.165) is 12.3 Å². The summed E-state index contributed by atoms with van der Waals surface area (Å²) in [5, 5.41) is 4.26. The molecule has 0 radical (unpaired) electrons. The zero-order valence-electron chi connectivity index (χ0n) is 20.5. The van der Waals surface area contributed by atoms with Gasteiger partial charge in [0.05, 0.1) is 6.04 Å². The molecule has 0 saturated heterocycles. The Morgan fingerprint density at radius 1 is 0.848 bits per heavy atom. The third-order valence-corrected chi connectivity index (χ3v) is 11.3. The second-order valence-electron chi connectivity index (χ2n) is 10.6. The average molecular weight is 454 g/mol. The van der Waals surface area contributed by atoms with Gasteiger partial charge in [0.25, 0.3) is 0 Å². The molecule has 0 aliphatic heterocycles. The zero-order valence-corrected chi connectivity index (χ0v) is 21.4. The molecule has 1 nitrogen and oxygen atoms in total. The van der Waals surface area contributed by atoms with E-state index in [1.54, 1.807) is 0 Å². The van der Waals surface area contributed by atoms with Gasteiger partial charge in [-0.05, 0) is 66.4 Å². The van der Waals surface area contributed by atoms with Crippen LogP contribution < -0.4 is 15.9 Å². The van der Waals surface area contributed by atoms with Gasteiger partial charge in [0, 0.05) is 11.1 Å². The predicted molar refractivity (Wildman–Crippen MR) is 145 cm³/mol. The molecular formula is C31H36NP. The van der Waals surface area contributed by atoms with Crippen molar-refractivity contribution in [2.75, 3.05) is 0 Å². The van der Waals surface area contributed by atoms with Crippen molar-refractivity contribution < 1.29 is 0 Å². The van der Waals surface area contributed by atoms with Crippen LogP contribution in [0.15, 0.2) is 89.9 Å². The van der Waals surface area contributed by atoms with Crippen LogP contribution in [-0.2, 0) is 0 Å². The summed E-state index contributed by atoms with van der Waals surface area (Å²) in [7, 11) is -0.630. The molecule has 0 heterocycles. The Hall–Kier alpha value is -2.24. The lowest BCUT2D eigenvalue weighted by Gasteiger charge is -2.35. The Morgan fingerprint density at radius 3 is 1.94 bits per heavy atom. The summed E-state index contributed by atoms with van der Waals surface area (Å²) in [6.07, 6.45) is 4.88. The molecule has 3 atom stereocenters. The molecule has 3 aromatic carbocycles. The van der Waals surface area contributed by atoms with Gasteiger partial charge in [-0.2, -0.15) is 0 Å². The molecule has 2 fully saturated rings. The normalized spacial score (nSPS) is 25.6. The van der Waals surface area contributed by atoms with Gasteiger partial charge in [-0.1, -0.05) is 113 Å². The van der Waals surface area contributed by atoms with Crippen LogP contribution in [0.2, 0.25) is 0 Å². The quantitative estimate of drug-likeness (QED) is 0.351. The van der Waals surface area contributed by atoms with E-state index in [9.17, 15) is 0 Å². The first kappa shape index (κ1) is 22.5. The molecule has 2 bridgehead atoms. The molecular weight excluding hydrogens is 417 g/mol. The van der Waals surface area contributed by atoms with Gasteiger partial charge in [0.2, 0.25) is 0 Å². The van der Waals surface area contributed by atoms with Crippen LogP contribution >= 0.6 is 7.92 Å². The van der Waals surface area contributed by atoms with Crippen LogP contribution in [0.4, 0.5) is 0 Å². The zero-order chi connectivity index (χ0) is 23.1. The maximum Gasteiger partial charge on any atom is 0.0752 e. The Labute approximate surface area is 201 Å². The van der Waals surface area contributed by atoms with E-state index in [1.807, 2.05) is 0 Å². The van der Waals surface area contributed by atoms with Crippen molar-refractivity contribution in [1.29, 1.82) is 0 Å². The second kappa shape index (κ2) is 8.84. The minimum Gasteiger partial charge on any atom is -0.285 e. The van der Waals surface area contributed by atoms with Gasteiger partial charge >= 0.3 is 0 Å². The highest BCUT2D eigenvalue weighted by Crippen LogP contribution is 2.64. The lowest BCUT2D eigenvalue weighted by Crippen LogP contribution is -2.33. The molecule has 33 heavy (non-hydrogen) atoms. The Kier molecular flexibility index (Phi) is 6.04. The number of hydrogen-bond acceptors (Lipinski definition) is 1. The van der Waals surface area contributed by atoms with E-state index in [4.69, 9.17) is 4.99 Å². The molecule has 3 aromatic rings. The van der Waals surface area contributed by atoms with E-state index < -0.39 is 7.92 Å². The summed E-state index contributed by atoms with van der Waals surface area (Å²) in [6, 6.07) is 31.4. The van der Waals surface area contributed by atoms with E-state index in [2.05, 4.69) is 113 Å². The molecule has 5 rings (SSSR count). The van der Waals surface area contributed by atoms with Gasteiger partial charge in [-0.3, -0.25) is 4.99 Å². The lowest BCUT2D eigenvalue weighted by molar-refractivity contribution is 0.193. The summed E-state index contributed by atoms with van der Waals surface area (Å²) in [5.41, 5.74) is 3.51. The van der Waals surface area contributed by atoms with Crippen LogP contribution in [0.25, 0.3) is 0 Å². The van der Waals surface area contributed by atoms with Crippen LogP contribution in [0, 0.1) is 16.7 Å². The summed E-state index contributed by atoms with van der Waals surface area (Å²) in [6.45, 7) is 9.75. The van der Waals surface area contributed by atoms with Gasteiger partial charge in [-0.15, -0.1) is 0 Å². The summed E-state index contributed by atoms with van der Waals surface area (Å²) >= 11 is 0. The average Bonchev–Trinajstić information content (AvgIpc) is 3.18. The standard InChI is InChI=1S/C31H36NP/c1-5-27(32-29-22-23-20-21-31(29,4)30(23,2)3)26-18-12-13-19-28(26)33(24-14-8-6-9-15-24)25-16-10-7-11-17-25/h6-19,23,27H,5,20-22H2,1-4H3/t23?,27-,31?/m1/s1. The van der Waals surface area contributed by atoms with Crippen LogP contribution in [0.5, 0.6) is 0 Å². The fraction of sp³-hybridized carbons (Fsp3) is 0.387. The number of aliphatic imine (C=N–C) groups is 1. The summed E-state index contributed by atoms with van der Waals surface area (Å²) in [4.78, 5) is 5.57. The van der Waals surface area contributed by atoms with Crippen LogP contribution in [0.1, 0.15) is 65.0 Å². The van der Waals surface area contributed by atoms with Crippen molar-refractivity contribution in [3.05, 3.63) is 90.5 Å². The van der Waals surface area contributed by atoms with Crippen LogP contribution in [-0.4, -0.2) is 5.71 Å². The summed E-state index contributed by atoms with van der Waals surface area (Å²) < 4.78 is 0. The van der Waals surface area contributed by atoms with Gasteiger partial charge in [0.15, 0.2) is 0 Å². The molecule has 2 saturated carbocycles. The van der Waals surface area contributed by atoms with E-state index in [-0.39, 0.29) is 11.5 Å². The number of benzene rings is 3. The lowest BCUT2D eigenvalue weighted by atomic mass is 9.70. The largest absolute Gasteiger partial charge is 0.285 e. The maximum absolute atomic E-state index is 5.57. The van der Waals surface area contributed by atoms with Crippen molar-refractivity contribution >= 4 is 29.5 Å². The first-order chi connectivity index (χ1) is 16.0. The third-order valence-electron chi connectivity index (χ3n) is 8.78. The number of hydrogen-bond donors (Lipinski definition) is 0. The minimum absolute atomic E-state index is 0.223. The van der Waals surface area contributed by atoms with E-state index >= 15 is 0 Å². The molecule has 170 valence electrons. The van der Waals surface area contributed by atoms with Crippen molar-refractivity contribution in [1.82, 2.24) is 0 Å². The third kappa shape index (κ3) is 3.79. The highest BCUT2D eigenvalue weighted by Gasteiger charge is 2.59. The van der Waals surface area contributed by atoms with Crippen molar-refractivity contribution in [3.63, 3.8) is 0 Å². The maximum atomic E-state index is 5.57. The van der Waals surface area contributed by atoms with Crippen molar-refractivity contribution in [3.8, 4) is 0 Å². The first-order valence-corrected chi connectivity index (χ1v) is 13.9. The highest BCUT2D eigenvalue weighted by atomic mass is 31.1. The molecule has 0 amide bonds. The summed E-state index contributed by atoms with van der Waals surface area (Å²) in [5.74, 6) is 0.791. The smallest absolute Gasteiger partial charge is 0.0752 e. The van der Waals surface area contributed by atoms with Gasteiger partial charge < -0.3 is 0 Å². The topological polar surface area (TPSA) is 12.4 Å². The Bertz CT molecular complexity index is 1090. The molecule has 2 unspecified atom stereocenters.